The Bertz CT molecular complexity index is 738. The molecule has 1 atom stereocenters. The number of alkyl halides is 3. The molecule has 0 fully saturated rings. The Morgan fingerprint density at radius 1 is 1.00 bits per heavy atom. The monoisotopic (exact) mass is 324 g/mol. The van der Waals surface area contributed by atoms with Crippen LogP contribution in [0.15, 0.2) is 42.5 Å². The van der Waals surface area contributed by atoms with E-state index in [-0.39, 0.29) is 16.8 Å². The van der Waals surface area contributed by atoms with Crippen LogP contribution in [-0.2, 0) is 5.60 Å². The first-order valence-corrected chi connectivity index (χ1v) is 6.63. The molecule has 2 rings (SSSR count). The van der Waals surface area contributed by atoms with Crippen molar-refractivity contribution in [3.8, 4) is 0 Å². The zero-order valence-corrected chi connectivity index (χ0v) is 12.2. The summed E-state index contributed by atoms with van der Waals surface area (Å²) in [6, 6.07) is 9.39. The van der Waals surface area contributed by atoms with E-state index in [2.05, 4.69) is 0 Å². The Hall–Kier alpha value is -2.54. The highest BCUT2D eigenvalue weighted by Gasteiger charge is 2.52. The van der Waals surface area contributed by atoms with Crippen LogP contribution in [0, 0.1) is 0 Å². The first kappa shape index (κ1) is 16.8. The number of anilines is 2. The maximum atomic E-state index is 13.0. The minimum absolute atomic E-state index is 0.0107. The van der Waals surface area contributed by atoms with E-state index >= 15 is 0 Å². The van der Waals surface area contributed by atoms with Crippen LogP contribution in [0.2, 0.25) is 0 Å². The number of hydrogen-bond donors (Lipinski definition) is 3. The molecule has 2 aromatic carbocycles. The number of rotatable bonds is 3. The molecule has 7 heteroatoms. The summed E-state index contributed by atoms with van der Waals surface area (Å²) in [5, 5.41) is 9.78. The van der Waals surface area contributed by atoms with Gasteiger partial charge in [0.25, 0.3) is 0 Å². The fourth-order valence-electron chi connectivity index (χ4n) is 2.07. The van der Waals surface area contributed by atoms with Crippen molar-refractivity contribution < 1.29 is 23.1 Å². The molecule has 4 nitrogen and oxygen atoms in total. The lowest BCUT2D eigenvalue weighted by Crippen LogP contribution is -2.40. The summed E-state index contributed by atoms with van der Waals surface area (Å²) >= 11 is 0. The fraction of sp³-hybridized carbons (Fsp3) is 0.188. The topological polar surface area (TPSA) is 89.3 Å². The van der Waals surface area contributed by atoms with E-state index in [9.17, 15) is 23.1 Å². The average molecular weight is 324 g/mol. The maximum Gasteiger partial charge on any atom is 0.421 e. The number of halogens is 3. The van der Waals surface area contributed by atoms with Crippen molar-refractivity contribution in [2.75, 3.05) is 11.5 Å². The first-order valence-electron chi connectivity index (χ1n) is 6.63. The van der Waals surface area contributed by atoms with Crippen molar-refractivity contribution in [3.63, 3.8) is 0 Å². The van der Waals surface area contributed by atoms with Gasteiger partial charge in [0.1, 0.15) is 0 Å². The summed E-state index contributed by atoms with van der Waals surface area (Å²) in [4.78, 5) is 12.4. The van der Waals surface area contributed by atoms with Crippen LogP contribution in [0.3, 0.4) is 0 Å². The molecule has 0 saturated carbocycles. The van der Waals surface area contributed by atoms with Crippen LogP contribution in [0.4, 0.5) is 24.5 Å². The summed E-state index contributed by atoms with van der Waals surface area (Å²) in [5.74, 6) is -0.496. The zero-order valence-electron chi connectivity index (χ0n) is 12.2. The van der Waals surface area contributed by atoms with Crippen LogP contribution >= 0.6 is 0 Å². The molecule has 1 unspecified atom stereocenters. The molecule has 23 heavy (non-hydrogen) atoms. The molecule has 0 aliphatic rings. The lowest BCUT2D eigenvalue weighted by Gasteiger charge is -2.28. The summed E-state index contributed by atoms with van der Waals surface area (Å²) in [6.07, 6.45) is -4.93. The van der Waals surface area contributed by atoms with Gasteiger partial charge in [-0.3, -0.25) is 4.79 Å². The molecular formula is C16H15F3N2O2. The minimum atomic E-state index is -4.93. The van der Waals surface area contributed by atoms with Gasteiger partial charge in [0.05, 0.1) is 0 Å². The second-order valence-electron chi connectivity index (χ2n) is 5.32. The molecule has 0 aliphatic carbocycles. The largest absolute Gasteiger partial charge is 0.421 e. The predicted molar refractivity (Wildman–Crippen MR) is 80.8 cm³/mol. The molecule has 122 valence electrons. The van der Waals surface area contributed by atoms with E-state index in [4.69, 9.17) is 11.5 Å². The minimum Gasteiger partial charge on any atom is -0.399 e. The predicted octanol–water partition coefficient (Wildman–Crippen LogP) is 2.85. The molecular weight excluding hydrogens is 309 g/mol. The van der Waals surface area contributed by atoms with E-state index in [1.54, 1.807) is 0 Å². The molecule has 5 N–H and O–H groups in total. The number of nitrogen functional groups attached to an aromatic ring is 2. The smallest absolute Gasteiger partial charge is 0.399 e. The van der Waals surface area contributed by atoms with Gasteiger partial charge in [0.2, 0.25) is 0 Å². The first-order chi connectivity index (χ1) is 10.5. The number of nitrogens with two attached hydrogens (primary N) is 2. The third kappa shape index (κ3) is 3.14. The Morgan fingerprint density at radius 3 is 2.04 bits per heavy atom. The Morgan fingerprint density at radius 2 is 1.52 bits per heavy atom. The summed E-state index contributed by atoms with van der Waals surface area (Å²) in [7, 11) is 0. The Kier molecular flexibility index (Phi) is 4.08. The van der Waals surface area contributed by atoms with E-state index in [0.29, 0.717) is 12.6 Å². The van der Waals surface area contributed by atoms with Crippen LogP contribution in [0.1, 0.15) is 28.4 Å². The standard InChI is InChI=1S/C16H15F3N2O2/c1-15(23,16(17,18)19)12-8-10(4-7-13(12)21)14(22)9-2-5-11(20)6-3-9/h2-8,23H,20-21H2,1H3. The molecule has 2 aromatic rings. The highest BCUT2D eigenvalue weighted by Crippen LogP contribution is 2.41. The molecule has 0 aliphatic heterocycles. The van der Waals surface area contributed by atoms with Gasteiger partial charge < -0.3 is 16.6 Å². The van der Waals surface area contributed by atoms with Crippen molar-refractivity contribution in [2.24, 2.45) is 0 Å². The average Bonchev–Trinajstić information content (AvgIpc) is 2.46. The molecule has 0 aromatic heterocycles. The fourth-order valence-corrected chi connectivity index (χ4v) is 2.07. The van der Waals surface area contributed by atoms with Gasteiger partial charge in [-0.15, -0.1) is 0 Å². The second-order valence-corrected chi connectivity index (χ2v) is 5.32. The number of hydrogen-bond acceptors (Lipinski definition) is 4. The van der Waals surface area contributed by atoms with E-state index < -0.39 is 23.1 Å². The third-order valence-corrected chi connectivity index (χ3v) is 3.56. The lowest BCUT2D eigenvalue weighted by atomic mass is 9.90. The van der Waals surface area contributed by atoms with Gasteiger partial charge in [0.15, 0.2) is 11.4 Å². The van der Waals surface area contributed by atoms with Crippen LogP contribution in [-0.4, -0.2) is 17.1 Å². The van der Waals surface area contributed by atoms with Gasteiger partial charge in [0, 0.05) is 28.1 Å². The number of ketones is 1. The highest BCUT2D eigenvalue weighted by atomic mass is 19.4. The Balaban J connectivity index is 2.49. The van der Waals surface area contributed by atoms with Crippen molar-refractivity contribution in [3.05, 3.63) is 59.2 Å². The van der Waals surface area contributed by atoms with E-state index in [1.165, 1.54) is 36.4 Å². The van der Waals surface area contributed by atoms with Gasteiger partial charge in [-0.2, -0.15) is 13.2 Å². The third-order valence-electron chi connectivity index (χ3n) is 3.56. The molecule has 0 bridgehead atoms. The van der Waals surface area contributed by atoms with Crippen molar-refractivity contribution >= 4 is 17.2 Å². The summed E-state index contributed by atoms with van der Waals surface area (Å²) < 4.78 is 39.0. The van der Waals surface area contributed by atoms with Crippen molar-refractivity contribution in [1.29, 1.82) is 0 Å². The Labute approximate surface area is 130 Å². The second kappa shape index (κ2) is 5.58. The van der Waals surface area contributed by atoms with Crippen molar-refractivity contribution in [1.82, 2.24) is 0 Å². The van der Waals surface area contributed by atoms with Crippen LogP contribution in [0.25, 0.3) is 0 Å². The lowest BCUT2D eigenvalue weighted by molar-refractivity contribution is -0.258. The van der Waals surface area contributed by atoms with E-state index in [0.717, 1.165) is 6.07 Å². The number of carbonyl (C=O) groups excluding carboxylic acids is 1. The number of aliphatic hydroxyl groups is 1. The maximum absolute atomic E-state index is 13.0. The van der Waals surface area contributed by atoms with Gasteiger partial charge >= 0.3 is 6.18 Å². The SMILES string of the molecule is CC(O)(c1cc(C(=O)c2ccc(N)cc2)ccc1N)C(F)(F)F. The molecule has 0 saturated heterocycles. The van der Waals surface area contributed by atoms with Gasteiger partial charge in [-0.25, -0.2) is 0 Å². The summed E-state index contributed by atoms with van der Waals surface area (Å²) in [5.41, 5.74) is 7.81. The van der Waals surface area contributed by atoms with Gasteiger partial charge in [-0.05, 0) is 49.4 Å². The van der Waals surface area contributed by atoms with E-state index in [1.807, 2.05) is 0 Å². The van der Waals surface area contributed by atoms with Crippen molar-refractivity contribution in [2.45, 2.75) is 18.7 Å². The summed E-state index contributed by atoms with van der Waals surface area (Å²) in [6.45, 7) is 0.593. The zero-order chi connectivity index (χ0) is 17.4. The molecule has 0 spiro atoms. The number of carbonyl (C=O) groups is 1. The molecule has 0 radical (unpaired) electrons. The quantitative estimate of drug-likeness (QED) is 0.598. The highest BCUT2D eigenvalue weighted by molar-refractivity contribution is 6.09. The van der Waals surface area contributed by atoms with Gasteiger partial charge in [-0.1, -0.05) is 0 Å². The molecule has 0 amide bonds. The molecule has 0 heterocycles. The van der Waals surface area contributed by atoms with Crippen LogP contribution < -0.4 is 11.5 Å². The number of benzene rings is 2. The normalized spacial score (nSPS) is 14.3. The van der Waals surface area contributed by atoms with Crippen LogP contribution in [0.5, 0.6) is 0 Å².